The second-order valence-electron chi connectivity index (χ2n) is 4.49. The molecule has 1 atom stereocenters. The maximum absolute atomic E-state index is 4.52. The molecule has 1 saturated heterocycles. The maximum Gasteiger partial charge on any atom is 0.134 e. The van der Waals surface area contributed by atoms with Crippen LogP contribution < -0.4 is 15.5 Å². The maximum atomic E-state index is 4.52. The van der Waals surface area contributed by atoms with Gasteiger partial charge in [-0.3, -0.25) is 0 Å². The lowest BCUT2D eigenvalue weighted by molar-refractivity contribution is 0.482. The third kappa shape index (κ3) is 3.06. The van der Waals surface area contributed by atoms with Gasteiger partial charge < -0.3 is 15.5 Å². The van der Waals surface area contributed by atoms with Crippen LogP contribution in [0.1, 0.15) is 19.7 Å². The molecule has 0 spiro atoms. The van der Waals surface area contributed by atoms with Gasteiger partial charge in [-0.15, -0.1) is 0 Å². The zero-order valence-electron chi connectivity index (χ0n) is 10.8. The second kappa shape index (κ2) is 5.31. The van der Waals surface area contributed by atoms with Crippen LogP contribution in [0.3, 0.4) is 0 Å². The zero-order valence-corrected chi connectivity index (χ0v) is 10.8. The van der Waals surface area contributed by atoms with Gasteiger partial charge in [-0.25, -0.2) is 9.97 Å². The van der Waals surface area contributed by atoms with Crippen molar-refractivity contribution in [2.45, 2.75) is 26.8 Å². The van der Waals surface area contributed by atoms with E-state index in [9.17, 15) is 0 Å². The van der Waals surface area contributed by atoms with Gasteiger partial charge in [0.2, 0.25) is 0 Å². The van der Waals surface area contributed by atoms with Crippen molar-refractivity contribution in [3.05, 3.63) is 11.9 Å². The molecule has 94 valence electrons. The summed E-state index contributed by atoms with van der Waals surface area (Å²) in [6.45, 7) is 10.1. The van der Waals surface area contributed by atoms with E-state index in [-0.39, 0.29) is 0 Å². The molecule has 0 amide bonds. The van der Waals surface area contributed by atoms with E-state index in [1.165, 1.54) is 0 Å². The molecule has 1 aromatic rings. The summed E-state index contributed by atoms with van der Waals surface area (Å²) in [4.78, 5) is 11.2. The highest BCUT2D eigenvalue weighted by Gasteiger charge is 2.17. The molecule has 17 heavy (non-hydrogen) atoms. The summed E-state index contributed by atoms with van der Waals surface area (Å²) in [5, 5.41) is 6.68. The number of rotatable bonds is 3. The SMILES string of the molecule is CCNc1cc(N2CCNC(C)C2)nc(C)n1. The van der Waals surface area contributed by atoms with Crippen LogP contribution in [-0.2, 0) is 0 Å². The molecule has 1 aliphatic heterocycles. The first-order valence-electron chi connectivity index (χ1n) is 6.27. The van der Waals surface area contributed by atoms with E-state index >= 15 is 0 Å². The van der Waals surface area contributed by atoms with E-state index < -0.39 is 0 Å². The number of hydrogen-bond acceptors (Lipinski definition) is 5. The number of nitrogens with one attached hydrogen (secondary N) is 2. The number of nitrogens with zero attached hydrogens (tertiary/aromatic N) is 3. The lowest BCUT2D eigenvalue weighted by Crippen LogP contribution is -2.49. The van der Waals surface area contributed by atoms with Gasteiger partial charge in [0.15, 0.2) is 0 Å². The van der Waals surface area contributed by atoms with E-state index in [0.29, 0.717) is 6.04 Å². The highest BCUT2D eigenvalue weighted by Crippen LogP contribution is 2.17. The van der Waals surface area contributed by atoms with Crippen molar-refractivity contribution >= 4 is 11.6 Å². The van der Waals surface area contributed by atoms with Gasteiger partial charge in [0.25, 0.3) is 0 Å². The Morgan fingerprint density at radius 3 is 3.06 bits per heavy atom. The molecule has 0 aliphatic carbocycles. The minimum absolute atomic E-state index is 0.515. The van der Waals surface area contributed by atoms with Gasteiger partial charge in [0, 0.05) is 38.3 Å². The first kappa shape index (κ1) is 12.1. The van der Waals surface area contributed by atoms with Crippen molar-refractivity contribution in [3.8, 4) is 0 Å². The monoisotopic (exact) mass is 235 g/mol. The van der Waals surface area contributed by atoms with E-state index in [4.69, 9.17) is 0 Å². The average Bonchev–Trinajstić information content (AvgIpc) is 2.28. The van der Waals surface area contributed by atoms with E-state index in [1.54, 1.807) is 0 Å². The van der Waals surface area contributed by atoms with Crippen LogP contribution in [-0.4, -0.2) is 42.2 Å². The van der Waals surface area contributed by atoms with Gasteiger partial charge in [-0.2, -0.15) is 0 Å². The summed E-state index contributed by atoms with van der Waals surface area (Å²) >= 11 is 0. The van der Waals surface area contributed by atoms with Crippen LogP contribution in [0.4, 0.5) is 11.6 Å². The largest absolute Gasteiger partial charge is 0.370 e. The fraction of sp³-hybridized carbons (Fsp3) is 0.667. The smallest absolute Gasteiger partial charge is 0.134 e. The Morgan fingerprint density at radius 2 is 2.35 bits per heavy atom. The van der Waals surface area contributed by atoms with Crippen molar-refractivity contribution in [2.75, 3.05) is 36.4 Å². The lowest BCUT2D eigenvalue weighted by Gasteiger charge is -2.33. The van der Waals surface area contributed by atoms with E-state index in [1.807, 2.05) is 13.0 Å². The summed E-state index contributed by atoms with van der Waals surface area (Å²) in [6.07, 6.45) is 0. The van der Waals surface area contributed by atoms with E-state index in [0.717, 1.165) is 43.6 Å². The summed E-state index contributed by atoms with van der Waals surface area (Å²) in [6, 6.07) is 2.55. The summed E-state index contributed by atoms with van der Waals surface area (Å²) < 4.78 is 0. The lowest BCUT2D eigenvalue weighted by atomic mass is 10.2. The molecule has 2 N–H and O–H groups in total. The van der Waals surface area contributed by atoms with Gasteiger partial charge in [-0.05, 0) is 20.8 Å². The quantitative estimate of drug-likeness (QED) is 0.819. The average molecular weight is 235 g/mol. The summed E-state index contributed by atoms with van der Waals surface area (Å²) in [5.41, 5.74) is 0. The van der Waals surface area contributed by atoms with Crippen molar-refractivity contribution in [1.29, 1.82) is 0 Å². The zero-order chi connectivity index (χ0) is 12.3. The number of aromatic nitrogens is 2. The predicted molar refractivity (Wildman–Crippen MR) is 70.6 cm³/mol. The highest BCUT2D eigenvalue weighted by atomic mass is 15.3. The highest BCUT2D eigenvalue weighted by molar-refractivity contribution is 5.49. The summed E-state index contributed by atoms with van der Waals surface area (Å²) in [7, 11) is 0. The normalized spacial score (nSPS) is 20.4. The van der Waals surface area contributed by atoms with Crippen molar-refractivity contribution in [1.82, 2.24) is 15.3 Å². The Hall–Kier alpha value is -1.36. The van der Waals surface area contributed by atoms with Gasteiger partial charge >= 0.3 is 0 Å². The topological polar surface area (TPSA) is 53.1 Å². The molecular formula is C12H21N5. The Balaban J connectivity index is 2.18. The Morgan fingerprint density at radius 1 is 1.53 bits per heavy atom. The molecule has 0 radical (unpaired) electrons. The van der Waals surface area contributed by atoms with Crippen LogP contribution >= 0.6 is 0 Å². The Bertz CT molecular complexity index is 379. The number of piperazine rings is 1. The van der Waals surface area contributed by atoms with Crippen LogP contribution in [0.5, 0.6) is 0 Å². The number of aryl methyl sites for hydroxylation is 1. The molecule has 5 nitrogen and oxygen atoms in total. The fourth-order valence-electron chi connectivity index (χ4n) is 2.13. The summed E-state index contributed by atoms with van der Waals surface area (Å²) in [5.74, 6) is 2.77. The Kier molecular flexibility index (Phi) is 3.78. The van der Waals surface area contributed by atoms with Crippen molar-refractivity contribution in [3.63, 3.8) is 0 Å². The van der Waals surface area contributed by atoms with Crippen molar-refractivity contribution in [2.24, 2.45) is 0 Å². The van der Waals surface area contributed by atoms with E-state index in [2.05, 4.69) is 39.3 Å². The van der Waals surface area contributed by atoms with Crippen LogP contribution in [0, 0.1) is 6.92 Å². The van der Waals surface area contributed by atoms with Gasteiger partial charge in [0.1, 0.15) is 17.5 Å². The van der Waals surface area contributed by atoms with Crippen LogP contribution in [0.25, 0.3) is 0 Å². The molecule has 0 aromatic carbocycles. The van der Waals surface area contributed by atoms with Crippen molar-refractivity contribution < 1.29 is 0 Å². The van der Waals surface area contributed by atoms with Gasteiger partial charge in [0.05, 0.1) is 0 Å². The van der Waals surface area contributed by atoms with Crippen LogP contribution in [0.15, 0.2) is 6.07 Å². The third-order valence-corrected chi connectivity index (χ3v) is 2.88. The predicted octanol–water partition coefficient (Wildman–Crippen LogP) is 1.01. The molecule has 0 saturated carbocycles. The standard InChI is InChI=1S/C12H21N5/c1-4-13-11-7-12(16-10(3)15-11)17-6-5-14-9(2)8-17/h7,9,14H,4-6,8H2,1-3H3,(H,13,15,16). The molecule has 2 rings (SSSR count). The minimum Gasteiger partial charge on any atom is -0.370 e. The molecule has 1 unspecified atom stereocenters. The molecule has 0 bridgehead atoms. The number of anilines is 2. The minimum atomic E-state index is 0.515. The van der Waals surface area contributed by atoms with Gasteiger partial charge in [-0.1, -0.05) is 0 Å². The van der Waals surface area contributed by atoms with Crippen LogP contribution in [0.2, 0.25) is 0 Å². The molecule has 2 heterocycles. The molecule has 5 heteroatoms. The second-order valence-corrected chi connectivity index (χ2v) is 4.49. The third-order valence-electron chi connectivity index (χ3n) is 2.88. The first-order valence-corrected chi connectivity index (χ1v) is 6.27. The molecular weight excluding hydrogens is 214 g/mol. The number of hydrogen-bond donors (Lipinski definition) is 2. The fourth-order valence-corrected chi connectivity index (χ4v) is 2.13. The molecule has 1 aromatic heterocycles. The molecule has 1 aliphatic rings. The molecule has 1 fully saturated rings. The Labute approximate surface area is 103 Å². The first-order chi connectivity index (χ1) is 8.19.